The quantitative estimate of drug-likeness (QED) is 0.455. The fourth-order valence-electron chi connectivity index (χ4n) is 2.29. The maximum Gasteiger partial charge on any atom is 0.225 e. The lowest BCUT2D eigenvalue weighted by Gasteiger charge is -2.09. The number of halogens is 3. The number of fused-ring (bicyclic) bond motifs is 1. The van der Waals surface area contributed by atoms with E-state index >= 15 is 0 Å². The number of rotatable bonds is 4. The number of carbonyl (C=O) groups is 1. The van der Waals surface area contributed by atoms with Crippen molar-refractivity contribution in [3.63, 3.8) is 0 Å². The molecule has 0 atom stereocenters. The average molecular weight is 382 g/mol. The van der Waals surface area contributed by atoms with Gasteiger partial charge in [-0.05, 0) is 30.3 Å². The Labute approximate surface area is 155 Å². The van der Waals surface area contributed by atoms with Crippen molar-refractivity contribution in [1.82, 2.24) is 9.97 Å². The molecule has 3 aromatic rings. The van der Waals surface area contributed by atoms with E-state index in [1.165, 1.54) is 6.07 Å². The molecule has 0 aliphatic carbocycles. The van der Waals surface area contributed by atoms with Crippen molar-refractivity contribution >= 4 is 45.7 Å². The summed E-state index contributed by atoms with van der Waals surface area (Å²) < 4.78 is 13.9. The smallest absolute Gasteiger partial charge is 0.225 e. The van der Waals surface area contributed by atoms with Crippen molar-refractivity contribution in [2.45, 2.75) is 20.3 Å². The van der Waals surface area contributed by atoms with Crippen LogP contribution in [-0.4, -0.2) is 21.8 Å². The predicted molar refractivity (Wildman–Crippen MR) is 102 cm³/mol. The number of H-pyrrole nitrogens is 1. The minimum Gasteiger partial charge on any atom is -0.353 e. The van der Waals surface area contributed by atoms with E-state index in [-0.39, 0.29) is 29.2 Å². The SMILES string of the molecule is CC.O=C(CCCl)Nc1ccc(Cl)nc1-c1cc2c(F)cccc2[nH]1. The number of aromatic amines is 1. The molecule has 2 N–H and O–H groups in total. The first kappa shape index (κ1) is 19.2. The van der Waals surface area contributed by atoms with Crippen LogP contribution in [0, 0.1) is 5.82 Å². The molecule has 0 saturated heterocycles. The van der Waals surface area contributed by atoms with Crippen LogP contribution >= 0.6 is 23.2 Å². The van der Waals surface area contributed by atoms with E-state index in [0.29, 0.717) is 28.0 Å². The molecular weight excluding hydrogens is 364 g/mol. The molecule has 0 bridgehead atoms. The first-order valence-corrected chi connectivity index (χ1v) is 8.79. The van der Waals surface area contributed by atoms with Gasteiger partial charge in [-0.2, -0.15) is 0 Å². The lowest BCUT2D eigenvalue weighted by atomic mass is 10.2. The van der Waals surface area contributed by atoms with Gasteiger partial charge in [0.05, 0.1) is 11.4 Å². The highest BCUT2D eigenvalue weighted by Gasteiger charge is 2.14. The summed E-state index contributed by atoms with van der Waals surface area (Å²) in [7, 11) is 0. The topological polar surface area (TPSA) is 57.8 Å². The lowest BCUT2D eigenvalue weighted by Crippen LogP contribution is -2.13. The van der Waals surface area contributed by atoms with Crippen LogP contribution in [0.1, 0.15) is 20.3 Å². The summed E-state index contributed by atoms with van der Waals surface area (Å²) >= 11 is 11.5. The number of hydrogen-bond acceptors (Lipinski definition) is 2. The number of carbonyl (C=O) groups excluding carboxylic acids is 1. The number of anilines is 1. The molecule has 0 unspecified atom stereocenters. The van der Waals surface area contributed by atoms with E-state index < -0.39 is 0 Å². The zero-order valence-corrected chi connectivity index (χ0v) is 15.4. The summed E-state index contributed by atoms with van der Waals surface area (Å²) in [6.45, 7) is 4.00. The summed E-state index contributed by atoms with van der Waals surface area (Å²) in [6, 6.07) is 9.63. The molecule has 3 rings (SSSR count). The van der Waals surface area contributed by atoms with Gasteiger partial charge in [0.2, 0.25) is 5.91 Å². The minimum absolute atomic E-state index is 0.185. The van der Waals surface area contributed by atoms with Gasteiger partial charge < -0.3 is 10.3 Å². The van der Waals surface area contributed by atoms with Gasteiger partial charge in [-0.25, -0.2) is 9.37 Å². The van der Waals surface area contributed by atoms with E-state index in [2.05, 4.69) is 15.3 Å². The van der Waals surface area contributed by atoms with Crippen molar-refractivity contribution in [2.24, 2.45) is 0 Å². The van der Waals surface area contributed by atoms with Crippen molar-refractivity contribution in [3.05, 3.63) is 47.4 Å². The van der Waals surface area contributed by atoms with Crippen LogP contribution < -0.4 is 5.32 Å². The molecule has 7 heteroatoms. The Morgan fingerprint density at radius 1 is 1.28 bits per heavy atom. The summed E-state index contributed by atoms with van der Waals surface area (Å²) in [6.07, 6.45) is 0.185. The molecule has 25 heavy (non-hydrogen) atoms. The van der Waals surface area contributed by atoms with Gasteiger partial charge in [0.15, 0.2) is 0 Å². The molecule has 4 nitrogen and oxygen atoms in total. The Hall–Kier alpha value is -2.11. The maximum absolute atomic E-state index is 13.9. The van der Waals surface area contributed by atoms with Crippen LogP contribution in [0.3, 0.4) is 0 Å². The van der Waals surface area contributed by atoms with Crippen molar-refractivity contribution in [3.8, 4) is 11.4 Å². The Balaban J connectivity index is 0.00000109. The zero-order chi connectivity index (χ0) is 18.4. The Bertz CT molecular complexity index is 880. The van der Waals surface area contributed by atoms with Crippen LogP contribution in [0.2, 0.25) is 5.15 Å². The molecule has 132 valence electrons. The van der Waals surface area contributed by atoms with Crippen LogP contribution in [0.15, 0.2) is 36.4 Å². The standard InChI is InChI=1S/C16H12Cl2FN3O.C2H6/c17-7-6-15(23)21-12-4-5-14(18)22-16(12)13-8-9-10(19)2-1-3-11(9)20-13;1-2/h1-5,8,20H,6-7H2,(H,21,23);1-2H3. The highest BCUT2D eigenvalue weighted by Crippen LogP contribution is 2.30. The number of nitrogens with one attached hydrogen (secondary N) is 2. The molecular formula is C18H18Cl2FN3O. The molecule has 2 aromatic heterocycles. The molecule has 0 aliphatic rings. The highest BCUT2D eigenvalue weighted by atomic mass is 35.5. The lowest BCUT2D eigenvalue weighted by molar-refractivity contribution is -0.115. The number of pyridine rings is 1. The third kappa shape index (κ3) is 4.50. The molecule has 0 radical (unpaired) electrons. The number of benzene rings is 1. The average Bonchev–Trinajstić information content (AvgIpc) is 3.04. The van der Waals surface area contributed by atoms with Gasteiger partial charge in [0.1, 0.15) is 16.7 Å². The summed E-state index contributed by atoms with van der Waals surface area (Å²) in [5.41, 5.74) is 2.13. The second-order valence-electron chi connectivity index (χ2n) is 4.90. The third-order valence-electron chi connectivity index (χ3n) is 3.32. The first-order valence-electron chi connectivity index (χ1n) is 7.88. The molecule has 0 spiro atoms. The van der Waals surface area contributed by atoms with Gasteiger partial charge in [0, 0.05) is 23.2 Å². The molecule has 0 saturated carbocycles. The number of alkyl halides is 1. The van der Waals surface area contributed by atoms with E-state index in [0.717, 1.165) is 0 Å². The minimum atomic E-state index is -0.334. The first-order chi connectivity index (χ1) is 12.1. The van der Waals surface area contributed by atoms with Gasteiger partial charge in [-0.1, -0.05) is 31.5 Å². The molecule has 1 aromatic carbocycles. The Morgan fingerprint density at radius 2 is 2.04 bits per heavy atom. The summed E-state index contributed by atoms with van der Waals surface area (Å²) in [4.78, 5) is 19.1. The number of hydrogen-bond donors (Lipinski definition) is 2. The van der Waals surface area contributed by atoms with Crippen molar-refractivity contribution in [2.75, 3.05) is 11.2 Å². The fourth-order valence-corrected chi connectivity index (χ4v) is 2.60. The predicted octanol–water partition coefficient (Wildman–Crippen LogP) is 5.62. The van der Waals surface area contributed by atoms with Crippen molar-refractivity contribution < 1.29 is 9.18 Å². The largest absolute Gasteiger partial charge is 0.353 e. The monoisotopic (exact) mass is 381 g/mol. The molecule has 0 aliphatic heterocycles. The second kappa shape index (κ2) is 8.83. The number of amides is 1. The fraction of sp³-hybridized carbons (Fsp3) is 0.222. The summed E-state index contributed by atoms with van der Waals surface area (Å²) in [5.74, 6) is -0.341. The Kier molecular flexibility index (Phi) is 6.79. The highest BCUT2D eigenvalue weighted by molar-refractivity contribution is 6.29. The van der Waals surface area contributed by atoms with Gasteiger partial charge in [-0.15, -0.1) is 11.6 Å². The number of aromatic nitrogens is 2. The normalized spacial score (nSPS) is 10.3. The van der Waals surface area contributed by atoms with E-state index in [1.54, 1.807) is 30.3 Å². The zero-order valence-electron chi connectivity index (χ0n) is 13.9. The Morgan fingerprint density at radius 3 is 2.72 bits per heavy atom. The van der Waals surface area contributed by atoms with Crippen LogP contribution in [0.5, 0.6) is 0 Å². The number of nitrogens with zero attached hydrogens (tertiary/aromatic N) is 1. The van der Waals surface area contributed by atoms with Gasteiger partial charge in [-0.3, -0.25) is 4.79 Å². The molecule has 2 heterocycles. The van der Waals surface area contributed by atoms with E-state index in [4.69, 9.17) is 23.2 Å². The maximum atomic E-state index is 13.9. The van der Waals surface area contributed by atoms with E-state index in [9.17, 15) is 9.18 Å². The second-order valence-corrected chi connectivity index (χ2v) is 5.67. The molecule has 1 amide bonds. The van der Waals surface area contributed by atoms with Gasteiger partial charge in [0.25, 0.3) is 0 Å². The van der Waals surface area contributed by atoms with Crippen LogP contribution in [0.4, 0.5) is 10.1 Å². The van der Waals surface area contributed by atoms with Crippen LogP contribution in [-0.2, 0) is 4.79 Å². The van der Waals surface area contributed by atoms with Gasteiger partial charge >= 0.3 is 0 Å². The third-order valence-corrected chi connectivity index (χ3v) is 3.72. The molecule has 0 fully saturated rings. The van der Waals surface area contributed by atoms with E-state index in [1.807, 2.05) is 13.8 Å². The van der Waals surface area contributed by atoms with Crippen molar-refractivity contribution in [1.29, 1.82) is 0 Å². The summed E-state index contributed by atoms with van der Waals surface area (Å²) in [5, 5.41) is 3.46. The van der Waals surface area contributed by atoms with Crippen LogP contribution in [0.25, 0.3) is 22.3 Å².